The van der Waals surface area contributed by atoms with Crippen LogP contribution in [-0.2, 0) is 9.53 Å². The monoisotopic (exact) mass is 241 g/mol. The first-order valence-corrected chi connectivity index (χ1v) is 6.90. The first-order chi connectivity index (χ1) is 7.93. The highest BCUT2D eigenvalue weighted by Gasteiger charge is 2.29. The molecular weight excluding hydrogens is 214 g/mol. The molecule has 2 N–H and O–H groups in total. The third-order valence-corrected chi connectivity index (χ3v) is 3.95. The number of hydrogen-bond acceptors (Lipinski definition) is 3. The summed E-state index contributed by atoms with van der Waals surface area (Å²) in [6.45, 7) is 8.50. The van der Waals surface area contributed by atoms with Crippen molar-refractivity contribution in [2.75, 3.05) is 0 Å². The van der Waals surface area contributed by atoms with Crippen LogP contribution in [-0.4, -0.2) is 18.1 Å². The minimum atomic E-state index is -0.465. The molecule has 1 rings (SSSR count). The van der Waals surface area contributed by atoms with E-state index in [0.29, 0.717) is 11.8 Å². The van der Waals surface area contributed by atoms with E-state index in [1.165, 1.54) is 6.42 Å². The van der Waals surface area contributed by atoms with Gasteiger partial charge in [0.1, 0.15) is 12.1 Å². The molecular formula is C14H27NO2. The van der Waals surface area contributed by atoms with Crippen LogP contribution in [0.3, 0.4) is 0 Å². The van der Waals surface area contributed by atoms with E-state index in [9.17, 15) is 4.79 Å². The minimum Gasteiger partial charge on any atom is -0.461 e. The zero-order chi connectivity index (χ0) is 13.0. The van der Waals surface area contributed by atoms with Crippen LogP contribution in [0.25, 0.3) is 0 Å². The Morgan fingerprint density at radius 2 is 1.82 bits per heavy atom. The van der Waals surface area contributed by atoms with Crippen LogP contribution in [0.15, 0.2) is 0 Å². The molecule has 0 spiro atoms. The molecule has 0 bridgehead atoms. The molecule has 3 unspecified atom stereocenters. The summed E-state index contributed by atoms with van der Waals surface area (Å²) >= 11 is 0. The van der Waals surface area contributed by atoms with E-state index in [0.717, 1.165) is 19.3 Å². The maximum atomic E-state index is 11.9. The minimum absolute atomic E-state index is 0.0800. The summed E-state index contributed by atoms with van der Waals surface area (Å²) < 4.78 is 5.55. The van der Waals surface area contributed by atoms with Gasteiger partial charge in [-0.1, -0.05) is 34.1 Å². The van der Waals surface area contributed by atoms with Crippen molar-refractivity contribution in [2.24, 2.45) is 23.5 Å². The van der Waals surface area contributed by atoms with E-state index < -0.39 is 6.04 Å². The van der Waals surface area contributed by atoms with Gasteiger partial charge < -0.3 is 10.5 Å². The average Bonchev–Trinajstić information content (AvgIpc) is 2.25. The molecule has 3 nitrogen and oxygen atoms in total. The van der Waals surface area contributed by atoms with Gasteiger partial charge >= 0.3 is 5.97 Å². The second-order valence-corrected chi connectivity index (χ2v) is 5.89. The highest BCUT2D eigenvalue weighted by atomic mass is 16.5. The molecule has 0 aromatic heterocycles. The first kappa shape index (κ1) is 14.5. The molecule has 0 aromatic carbocycles. The molecule has 100 valence electrons. The molecule has 0 aromatic rings. The molecule has 0 heterocycles. The predicted molar refractivity (Wildman–Crippen MR) is 69.5 cm³/mol. The highest BCUT2D eigenvalue weighted by Crippen LogP contribution is 2.30. The third kappa shape index (κ3) is 4.30. The number of ether oxygens (including phenoxy) is 1. The number of nitrogens with two attached hydrogens (primary N) is 1. The summed E-state index contributed by atoms with van der Waals surface area (Å²) in [6.07, 6.45) is 4.21. The Kier molecular flexibility index (Phi) is 5.44. The molecule has 0 saturated heterocycles. The van der Waals surface area contributed by atoms with Crippen molar-refractivity contribution in [3.63, 3.8) is 0 Å². The van der Waals surface area contributed by atoms with Crippen molar-refractivity contribution in [2.45, 2.75) is 65.5 Å². The third-order valence-electron chi connectivity index (χ3n) is 3.95. The van der Waals surface area contributed by atoms with Crippen LogP contribution in [0.1, 0.15) is 53.4 Å². The van der Waals surface area contributed by atoms with Gasteiger partial charge in [-0.2, -0.15) is 0 Å². The number of carbonyl (C=O) groups excluding carboxylic acids is 1. The maximum absolute atomic E-state index is 11.9. The maximum Gasteiger partial charge on any atom is 0.323 e. The van der Waals surface area contributed by atoms with Gasteiger partial charge in [0, 0.05) is 0 Å². The summed E-state index contributed by atoms with van der Waals surface area (Å²) in [5.41, 5.74) is 5.88. The van der Waals surface area contributed by atoms with E-state index in [1.54, 1.807) is 0 Å². The summed E-state index contributed by atoms with van der Waals surface area (Å²) in [5.74, 6) is 1.28. The molecule has 0 amide bonds. The Balaban J connectivity index is 2.45. The Bertz CT molecular complexity index is 245. The molecule has 17 heavy (non-hydrogen) atoms. The largest absolute Gasteiger partial charge is 0.461 e. The van der Waals surface area contributed by atoms with Crippen molar-refractivity contribution in [1.82, 2.24) is 0 Å². The lowest BCUT2D eigenvalue weighted by Gasteiger charge is -2.32. The SMILES string of the molecule is CCC(C)[C@H](N)C(=O)OC1CC(C)CC(C)C1. The Hall–Kier alpha value is -0.570. The summed E-state index contributed by atoms with van der Waals surface area (Å²) in [4.78, 5) is 11.9. The van der Waals surface area contributed by atoms with Crippen LogP contribution >= 0.6 is 0 Å². The fraction of sp³-hybridized carbons (Fsp3) is 0.929. The molecule has 1 saturated carbocycles. The van der Waals surface area contributed by atoms with E-state index in [-0.39, 0.29) is 18.0 Å². The summed E-state index contributed by atoms with van der Waals surface area (Å²) in [6, 6.07) is -0.465. The number of carbonyl (C=O) groups is 1. The van der Waals surface area contributed by atoms with Crippen LogP contribution in [0, 0.1) is 17.8 Å². The van der Waals surface area contributed by atoms with Gasteiger partial charge in [-0.25, -0.2) is 0 Å². The van der Waals surface area contributed by atoms with Crippen LogP contribution in [0.2, 0.25) is 0 Å². The molecule has 0 aliphatic heterocycles. The van der Waals surface area contributed by atoms with Gasteiger partial charge in [-0.05, 0) is 37.0 Å². The molecule has 4 atom stereocenters. The molecule has 3 heteroatoms. The van der Waals surface area contributed by atoms with E-state index in [2.05, 4.69) is 13.8 Å². The van der Waals surface area contributed by atoms with Crippen molar-refractivity contribution in [3.05, 3.63) is 0 Å². The lowest BCUT2D eigenvalue weighted by atomic mass is 9.82. The van der Waals surface area contributed by atoms with Crippen molar-refractivity contribution < 1.29 is 9.53 Å². The van der Waals surface area contributed by atoms with Gasteiger partial charge in [0.05, 0.1) is 0 Å². The zero-order valence-electron chi connectivity index (χ0n) is 11.6. The predicted octanol–water partition coefficient (Wildman–Crippen LogP) is 2.73. The van der Waals surface area contributed by atoms with Gasteiger partial charge in [0.2, 0.25) is 0 Å². The van der Waals surface area contributed by atoms with E-state index in [1.807, 2.05) is 13.8 Å². The Morgan fingerprint density at radius 1 is 1.29 bits per heavy atom. The molecule has 0 radical (unpaired) electrons. The van der Waals surface area contributed by atoms with Crippen LogP contribution in [0.4, 0.5) is 0 Å². The second kappa shape index (κ2) is 6.39. The lowest BCUT2D eigenvalue weighted by molar-refractivity contribution is -0.154. The number of hydrogen-bond donors (Lipinski definition) is 1. The summed E-state index contributed by atoms with van der Waals surface area (Å²) in [7, 11) is 0. The fourth-order valence-corrected chi connectivity index (χ4v) is 2.70. The highest BCUT2D eigenvalue weighted by molar-refractivity contribution is 5.76. The Morgan fingerprint density at radius 3 is 2.29 bits per heavy atom. The lowest BCUT2D eigenvalue weighted by Crippen LogP contribution is -2.41. The molecule has 1 aliphatic carbocycles. The Labute approximate surface area is 105 Å². The molecule has 1 aliphatic rings. The normalized spacial score (nSPS) is 32.9. The summed E-state index contributed by atoms with van der Waals surface area (Å²) in [5, 5.41) is 0. The zero-order valence-corrected chi connectivity index (χ0v) is 11.6. The van der Waals surface area contributed by atoms with Gasteiger partial charge in [0.25, 0.3) is 0 Å². The van der Waals surface area contributed by atoms with Crippen molar-refractivity contribution >= 4 is 5.97 Å². The standard InChI is InChI=1S/C14H27NO2/c1-5-11(4)13(15)14(16)17-12-7-9(2)6-10(3)8-12/h9-13H,5-8,15H2,1-4H3/t9?,10?,11?,12?,13-/m0/s1. The van der Waals surface area contributed by atoms with Gasteiger partial charge in [-0.15, -0.1) is 0 Å². The van der Waals surface area contributed by atoms with Crippen molar-refractivity contribution in [3.8, 4) is 0 Å². The average molecular weight is 241 g/mol. The topological polar surface area (TPSA) is 52.3 Å². The first-order valence-electron chi connectivity index (χ1n) is 6.90. The van der Waals surface area contributed by atoms with E-state index >= 15 is 0 Å². The van der Waals surface area contributed by atoms with Gasteiger partial charge in [0.15, 0.2) is 0 Å². The van der Waals surface area contributed by atoms with E-state index in [4.69, 9.17) is 10.5 Å². The number of rotatable bonds is 4. The van der Waals surface area contributed by atoms with Crippen molar-refractivity contribution in [1.29, 1.82) is 0 Å². The van der Waals surface area contributed by atoms with Gasteiger partial charge in [-0.3, -0.25) is 4.79 Å². The second-order valence-electron chi connectivity index (χ2n) is 5.89. The number of esters is 1. The fourth-order valence-electron chi connectivity index (χ4n) is 2.70. The van der Waals surface area contributed by atoms with Crippen LogP contribution in [0.5, 0.6) is 0 Å². The molecule has 1 fully saturated rings. The quantitative estimate of drug-likeness (QED) is 0.770. The van der Waals surface area contributed by atoms with Crippen LogP contribution < -0.4 is 5.73 Å². The smallest absolute Gasteiger partial charge is 0.323 e.